The van der Waals surface area contributed by atoms with Crippen molar-refractivity contribution >= 4 is 51.9 Å². The molecule has 0 aromatic heterocycles. The fourth-order valence-electron chi connectivity index (χ4n) is 3.11. The zero-order valence-corrected chi connectivity index (χ0v) is 16.6. The molecule has 3 nitrogen and oxygen atoms in total. The normalized spacial score (nSPS) is 17.5. The van der Waals surface area contributed by atoms with Crippen LogP contribution in [0.2, 0.25) is 10.0 Å². The standard InChI is InChI=1S/C19H21Cl2N3S/c1-13-4-3-5-16(10-13)24-9-8-23(12-14(24)2)19(25)22-15-6-7-17(20)18(21)11-15/h3-7,10-11,14H,8-9,12H2,1-2H3,(H,22,25)/t14-/m0/s1. The molecule has 1 atom stereocenters. The molecule has 1 saturated heterocycles. The molecule has 25 heavy (non-hydrogen) atoms. The Hall–Kier alpha value is -1.49. The van der Waals surface area contributed by atoms with Crippen LogP contribution in [0.1, 0.15) is 12.5 Å². The Kier molecular flexibility index (Phi) is 5.72. The highest BCUT2D eigenvalue weighted by atomic mass is 35.5. The van der Waals surface area contributed by atoms with Crippen LogP contribution in [0.25, 0.3) is 0 Å². The maximum atomic E-state index is 6.07. The van der Waals surface area contributed by atoms with Gasteiger partial charge in [-0.2, -0.15) is 0 Å². The fraction of sp³-hybridized carbons (Fsp3) is 0.316. The Morgan fingerprint density at radius 1 is 1.12 bits per heavy atom. The number of anilines is 2. The van der Waals surface area contributed by atoms with E-state index in [0.29, 0.717) is 21.2 Å². The van der Waals surface area contributed by atoms with Crippen molar-refractivity contribution in [1.82, 2.24) is 4.90 Å². The summed E-state index contributed by atoms with van der Waals surface area (Å²) in [7, 11) is 0. The highest BCUT2D eigenvalue weighted by Gasteiger charge is 2.25. The number of hydrogen-bond donors (Lipinski definition) is 1. The minimum atomic E-state index is 0.379. The highest BCUT2D eigenvalue weighted by molar-refractivity contribution is 7.80. The van der Waals surface area contributed by atoms with Crippen molar-refractivity contribution in [2.45, 2.75) is 19.9 Å². The van der Waals surface area contributed by atoms with Gasteiger partial charge < -0.3 is 15.1 Å². The topological polar surface area (TPSA) is 18.5 Å². The maximum absolute atomic E-state index is 6.07. The van der Waals surface area contributed by atoms with E-state index in [9.17, 15) is 0 Å². The number of aryl methyl sites for hydroxylation is 1. The van der Waals surface area contributed by atoms with Crippen LogP contribution in [0.5, 0.6) is 0 Å². The number of thiocarbonyl (C=S) groups is 1. The van der Waals surface area contributed by atoms with E-state index >= 15 is 0 Å². The molecular formula is C19H21Cl2N3S. The second kappa shape index (κ2) is 7.81. The first-order chi connectivity index (χ1) is 11.9. The Morgan fingerprint density at radius 2 is 1.92 bits per heavy atom. The van der Waals surface area contributed by atoms with Crippen molar-refractivity contribution < 1.29 is 0 Å². The third-order valence-electron chi connectivity index (χ3n) is 4.42. The number of benzene rings is 2. The summed E-state index contributed by atoms with van der Waals surface area (Å²) in [5.74, 6) is 0. The van der Waals surface area contributed by atoms with Crippen LogP contribution >= 0.6 is 35.4 Å². The molecule has 2 aromatic carbocycles. The van der Waals surface area contributed by atoms with Gasteiger partial charge in [-0.05, 0) is 62.0 Å². The third-order valence-corrected chi connectivity index (χ3v) is 5.52. The summed E-state index contributed by atoms with van der Waals surface area (Å²) >= 11 is 17.6. The molecule has 132 valence electrons. The molecule has 3 rings (SSSR count). The van der Waals surface area contributed by atoms with Gasteiger partial charge in [-0.3, -0.25) is 0 Å². The second-order valence-electron chi connectivity index (χ2n) is 6.39. The Balaban J connectivity index is 1.64. The van der Waals surface area contributed by atoms with Gasteiger partial charge in [0, 0.05) is 37.1 Å². The lowest BCUT2D eigenvalue weighted by Gasteiger charge is -2.42. The average molecular weight is 394 g/mol. The Labute approximate surface area is 164 Å². The van der Waals surface area contributed by atoms with Crippen LogP contribution in [-0.4, -0.2) is 35.7 Å². The minimum absolute atomic E-state index is 0.379. The molecule has 6 heteroatoms. The molecule has 1 N–H and O–H groups in total. The van der Waals surface area contributed by atoms with Gasteiger partial charge in [-0.15, -0.1) is 0 Å². The van der Waals surface area contributed by atoms with E-state index in [1.54, 1.807) is 12.1 Å². The van der Waals surface area contributed by atoms with Crippen molar-refractivity contribution in [3.63, 3.8) is 0 Å². The summed E-state index contributed by atoms with van der Waals surface area (Å²) in [6.45, 7) is 7.05. The van der Waals surface area contributed by atoms with Crippen molar-refractivity contribution in [1.29, 1.82) is 0 Å². The van der Waals surface area contributed by atoms with Crippen molar-refractivity contribution in [2.24, 2.45) is 0 Å². The lowest BCUT2D eigenvalue weighted by atomic mass is 10.1. The summed E-state index contributed by atoms with van der Waals surface area (Å²) in [6, 6.07) is 14.5. The van der Waals surface area contributed by atoms with E-state index in [-0.39, 0.29) is 0 Å². The molecule has 2 aromatic rings. The number of nitrogens with one attached hydrogen (secondary N) is 1. The molecule has 1 aliphatic rings. The summed E-state index contributed by atoms with van der Waals surface area (Å²) in [4.78, 5) is 4.64. The van der Waals surface area contributed by atoms with Crippen LogP contribution in [0.3, 0.4) is 0 Å². The smallest absolute Gasteiger partial charge is 0.173 e. The SMILES string of the molecule is Cc1cccc(N2CCN(C(=S)Nc3ccc(Cl)c(Cl)c3)C[C@@H]2C)c1. The number of rotatable bonds is 2. The Bertz CT molecular complexity index is 781. The van der Waals surface area contributed by atoms with Gasteiger partial charge in [0.25, 0.3) is 0 Å². The monoisotopic (exact) mass is 393 g/mol. The first kappa shape index (κ1) is 18.3. The van der Waals surface area contributed by atoms with Crippen LogP contribution in [0.15, 0.2) is 42.5 Å². The number of nitrogens with zero attached hydrogens (tertiary/aromatic N) is 2. The maximum Gasteiger partial charge on any atom is 0.173 e. The molecule has 0 aliphatic carbocycles. The average Bonchev–Trinajstić information content (AvgIpc) is 2.58. The molecule has 1 fully saturated rings. The third kappa shape index (κ3) is 4.38. The molecule has 1 heterocycles. The predicted molar refractivity (Wildman–Crippen MR) is 112 cm³/mol. The van der Waals surface area contributed by atoms with Crippen LogP contribution in [0, 0.1) is 6.92 Å². The van der Waals surface area contributed by atoms with Gasteiger partial charge >= 0.3 is 0 Å². The number of hydrogen-bond acceptors (Lipinski definition) is 2. The summed E-state index contributed by atoms with van der Waals surface area (Å²) < 4.78 is 0. The fourth-order valence-corrected chi connectivity index (χ4v) is 3.69. The van der Waals surface area contributed by atoms with E-state index in [4.69, 9.17) is 35.4 Å². The largest absolute Gasteiger partial charge is 0.365 e. The molecule has 0 bridgehead atoms. The quantitative estimate of drug-likeness (QED) is 0.705. The summed E-state index contributed by atoms with van der Waals surface area (Å²) in [5.41, 5.74) is 3.41. The lowest BCUT2D eigenvalue weighted by Crippen LogP contribution is -2.54. The molecule has 1 aliphatic heterocycles. The summed E-state index contributed by atoms with van der Waals surface area (Å²) in [6.07, 6.45) is 0. The van der Waals surface area contributed by atoms with Crippen molar-refractivity contribution in [3.05, 3.63) is 58.1 Å². The molecule has 0 radical (unpaired) electrons. The van der Waals surface area contributed by atoms with Crippen LogP contribution < -0.4 is 10.2 Å². The van der Waals surface area contributed by atoms with Gasteiger partial charge in [-0.1, -0.05) is 35.3 Å². The Morgan fingerprint density at radius 3 is 2.60 bits per heavy atom. The van der Waals surface area contributed by atoms with Gasteiger partial charge in [-0.25, -0.2) is 0 Å². The molecule has 0 spiro atoms. The summed E-state index contributed by atoms with van der Waals surface area (Å²) in [5, 5.41) is 5.04. The van der Waals surface area contributed by atoms with E-state index in [2.05, 4.69) is 53.2 Å². The van der Waals surface area contributed by atoms with E-state index in [0.717, 1.165) is 25.3 Å². The zero-order valence-electron chi connectivity index (χ0n) is 14.3. The minimum Gasteiger partial charge on any atom is -0.365 e. The van der Waals surface area contributed by atoms with Crippen LogP contribution in [-0.2, 0) is 0 Å². The van der Waals surface area contributed by atoms with Crippen molar-refractivity contribution in [3.8, 4) is 0 Å². The predicted octanol–water partition coefficient (Wildman–Crippen LogP) is 5.21. The first-order valence-electron chi connectivity index (χ1n) is 8.28. The number of halogens is 2. The molecule has 0 unspecified atom stereocenters. The van der Waals surface area contributed by atoms with Crippen LogP contribution in [0.4, 0.5) is 11.4 Å². The molecule has 0 amide bonds. The van der Waals surface area contributed by atoms with Gasteiger partial charge in [0.15, 0.2) is 5.11 Å². The number of piperazine rings is 1. The van der Waals surface area contributed by atoms with E-state index in [1.165, 1.54) is 11.3 Å². The molecule has 0 saturated carbocycles. The first-order valence-corrected chi connectivity index (χ1v) is 9.45. The zero-order chi connectivity index (χ0) is 18.0. The lowest BCUT2D eigenvalue weighted by molar-refractivity contribution is 0.342. The van der Waals surface area contributed by atoms with E-state index in [1.807, 2.05) is 6.07 Å². The second-order valence-corrected chi connectivity index (χ2v) is 7.59. The molecular weight excluding hydrogens is 373 g/mol. The van der Waals surface area contributed by atoms with Gasteiger partial charge in [0.2, 0.25) is 0 Å². The highest BCUT2D eigenvalue weighted by Crippen LogP contribution is 2.26. The van der Waals surface area contributed by atoms with Gasteiger partial charge in [0.1, 0.15) is 0 Å². The van der Waals surface area contributed by atoms with Crippen molar-refractivity contribution in [2.75, 3.05) is 29.9 Å². The van der Waals surface area contributed by atoms with Gasteiger partial charge in [0.05, 0.1) is 10.0 Å². The van der Waals surface area contributed by atoms with E-state index < -0.39 is 0 Å².